The molecule has 1 aromatic heterocycles. The van der Waals surface area contributed by atoms with Crippen molar-refractivity contribution in [2.24, 2.45) is 0 Å². The summed E-state index contributed by atoms with van der Waals surface area (Å²) in [5.74, 6) is 0.241. The Bertz CT molecular complexity index is 1370. The van der Waals surface area contributed by atoms with E-state index in [1.165, 1.54) is 36.5 Å². The molecule has 0 radical (unpaired) electrons. The molecule has 1 amide bonds. The van der Waals surface area contributed by atoms with E-state index in [9.17, 15) is 9.18 Å². The first-order valence-corrected chi connectivity index (χ1v) is 14.3. The van der Waals surface area contributed by atoms with Crippen LogP contribution in [0.1, 0.15) is 77.9 Å². The lowest BCUT2D eigenvalue weighted by molar-refractivity contribution is 0.0663. The van der Waals surface area contributed by atoms with Gasteiger partial charge < -0.3 is 9.88 Å². The predicted molar refractivity (Wildman–Crippen MR) is 155 cm³/mol. The molecular formula is C33H39FN4O. The molecule has 1 N–H and O–H groups in total. The summed E-state index contributed by atoms with van der Waals surface area (Å²) in [5.41, 5.74) is 5.25. The average Bonchev–Trinajstić information content (AvgIpc) is 3.39. The quantitative estimate of drug-likeness (QED) is 0.237. The van der Waals surface area contributed by atoms with Gasteiger partial charge in [0.25, 0.3) is 5.91 Å². The molecule has 1 aliphatic rings. The van der Waals surface area contributed by atoms with Crippen LogP contribution in [0.3, 0.4) is 0 Å². The maximum atomic E-state index is 14.5. The fourth-order valence-corrected chi connectivity index (χ4v) is 5.58. The number of halogens is 1. The van der Waals surface area contributed by atoms with Gasteiger partial charge in [-0.15, -0.1) is 0 Å². The van der Waals surface area contributed by atoms with Gasteiger partial charge in [0, 0.05) is 25.1 Å². The van der Waals surface area contributed by atoms with Crippen molar-refractivity contribution in [3.05, 3.63) is 101 Å². The molecule has 0 saturated carbocycles. The smallest absolute Gasteiger partial charge is 0.254 e. The third-order valence-electron chi connectivity index (χ3n) is 7.91. The van der Waals surface area contributed by atoms with Gasteiger partial charge in [0.05, 0.1) is 17.1 Å². The molecule has 39 heavy (non-hydrogen) atoms. The Morgan fingerprint density at radius 3 is 2.51 bits per heavy atom. The van der Waals surface area contributed by atoms with Crippen molar-refractivity contribution in [1.29, 1.82) is 0 Å². The third-order valence-corrected chi connectivity index (χ3v) is 7.91. The predicted octanol–water partition coefficient (Wildman–Crippen LogP) is 7.22. The van der Waals surface area contributed by atoms with Crippen molar-refractivity contribution in [2.45, 2.75) is 65.0 Å². The molecular weight excluding hydrogens is 487 g/mol. The number of carbonyl (C=O) groups excluding carboxylic acids is 1. The van der Waals surface area contributed by atoms with E-state index in [0.717, 1.165) is 49.3 Å². The van der Waals surface area contributed by atoms with Crippen molar-refractivity contribution < 1.29 is 9.18 Å². The average molecular weight is 527 g/mol. The molecule has 6 heteroatoms. The van der Waals surface area contributed by atoms with Gasteiger partial charge in [0.2, 0.25) is 0 Å². The highest BCUT2D eigenvalue weighted by Crippen LogP contribution is 2.30. The van der Waals surface area contributed by atoms with Gasteiger partial charge in [-0.3, -0.25) is 9.69 Å². The van der Waals surface area contributed by atoms with Gasteiger partial charge in [-0.05, 0) is 80.2 Å². The Morgan fingerprint density at radius 2 is 1.77 bits per heavy atom. The lowest BCUT2D eigenvalue weighted by Gasteiger charge is -2.32. The number of unbranched alkanes of at least 4 members (excludes halogenated alkanes) is 1. The van der Waals surface area contributed by atoms with Crippen LogP contribution in [-0.2, 0) is 13.0 Å². The van der Waals surface area contributed by atoms with E-state index in [1.807, 2.05) is 29.2 Å². The minimum absolute atomic E-state index is 0.165. The normalized spacial score (nSPS) is 14.9. The lowest BCUT2D eigenvalue weighted by atomic mass is 9.97. The summed E-state index contributed by atoms with van der Waals surface area (Å²) in [6, 6.07) is 21.0. The molecule has 4 aromatic rings. The number of amides is 1. The second-order valence-electron chi connectivity index (χ2n) is 10.8. The topological polar surface area (TPSA) is 52.2 Å². The van der Waals surface area contributed by atoms with Crippen molar-refractivity contribution in [1.82, 2.24) is 19.8 Å². The Hall–Kier alpha value is -3.51. The van der Waals surface area contributed by atoms with Crippen LogP contribution >= 0.6 is 0 Å². The zero-order valence-electron chi connectivity index (χ0n) is 23.1. The van der Waals surface area contributed by atoms with Crippen LogP contribution < -0.4 is 0 Å². The Balaban J connectivity index is 1.54. The Morgan fingerprint density at radius 1 is 1.03 bits per heavy atom. The molecule has 1 unspecified atom stereocenters. The van der Waals surface area contributed by atoms with Crippen LogP contribution in [0.15, 0.2) is 66.7 Å². The second kappa shape index (κ2) is 12.6. The monoisotopic (exact) mass is 526 g/mol. The number of aryl methyl sites for hydroxylation is 1. The number of rotatable bonds is 10. The van der Waals surface area contributed by atoms with E-state index in [1.54, 1.807) is 19.1 Å². The summed E-state index contributed by atoms with van der Waals surface area (Å²) < 4.78 is 14.5. The number of hydrogen-bond donors (Lipinski definition) is 1. The first kappa shape index (κ1) is 27.1. The number of nitrogens with one attached hydrogen (secondary N) is 1. The van der Waals surface area contributed by atoms with Crippen LogP contribution in [-0.4, -0.2) is 45.3 Å². The zero-order valence-corrected chi connectivity index (χ0v) is 23.1. The molecule has 3 aromatic carbocycles. The molecule has 5 rings (SSSR count). The van der Waals surface area contributed by atoms with Crippen molar-refractivity contribution >= 4 is 16.9 Å². The molecule has 0 aliphatic carbocycles. The van der Waals surface area contributed by atoms with Gasteiger partial charge in [-0.25, -0.2) is 9.37 Å². The zero-order chi connectivity index (χ0) is 27.2. The van der Waals surface area contributed by atoms with Crippen LogP contribution in [0.25, 0.3) is 11.0 Å². The van der Waals surface area contributed by atoms with Crippen LogP contribution in [0.2, 0.25) is 0 Å². The maximum Gasteiger partial charge on any atom is 0.254 e. The first-order valence-electron chi connectivity index (χ1n) is 14.3. The fourth-order valence-electron chi connectivity index (χ4n) is 5.58. The highest BCUT2D eigenvalue weighted by molar-refractivity contribution is 5.94. The number of aromatic amines is 1. The van der Waals surface area contributed by atoms with Gasteiger partial charge >= 0.3 is 0 Å². The number of likely N-dealkylation sites (tertiary alicyclic amines) is 1. The van der Waals surface area contributed by atoms with Gasteiger partial charge in [-0.1, -0.05) is 62.2 Å². The number of piperidine rings is 1. The number of hydrogen-bond acceptors (Lipinski definition) is 3. The standard InChI is InChI=1S/C33H39FN4O/c1-3-4-20-38(33(39)26-17-16-24(2)28(34)21-26)31(32-35-29-14-8-9-15-30(29)36-32)22-25-12-6-7-13-27(25)23-37-18-10-5-11-19-37/h6-9,12-17,21,31H,3-5,10-11,18-20,22-23H2,1-2H3,(H,35,36). The lowest BCUT2D eigenvalue weighted by Crippen LogP contribution is -2.38. The molecule has 204 valence electrons. The number of para-hydroxylation sites is 2. The number of benzene rings is 3. The number of carbonyl (C=O) groups is 1. The summed E-state index contributed by atoms with van der Waals surface area (Å²) in [4.78, 5) is 27.0. The summed E-state index contributed by atoms with van der Waals surface area (Å²) >= 11 is 0. The minimum Gasteiger partial charge on any atom is -0.340 e. The molecule has 1 saturated heterocycles. The van der Waals surface area contributed by atoms with Crippen LogP contribution in [0.4, 0.5) is 4.39 Å². The van der Waals surface area contributed by atoms with E-state index in [0.29, 0.717) is 24.1 Å². The van der Waals surface area contributed by atoms with Crippen LogP contribution in [0, 0.1) is 12.7 Å². The Kier molecular flexibility index (Phi) is 8.72. The molecule has 1 aliphatic heterocycles. The number of H-pyrrole nitrogens is 1. The summed E-state index contributed by atoms with van der Waals surface area (Å²) in [5, 5.41) is 0. The van der Waals surface area contributed by atoms with E-state index >= 15 is 0 Å². The van der Waals surface area contributed by atoms with Gasteiger partial charge in [-0.2, -0.15) is 0 Å². The summed E-state index contributed by atoms with van der Waals surface area (Å²) in [6.45, 7) is 7.58. The highest BCUT2D eigenvalue weighted by Gasteiger charge is 2.30. The maximum absolute atomic E-state index is 14.5. The summed E-state index contributed by atoms with van der Waals surface area (Å²) in [6.07, 6.45) is 6.23. The van der Waals surface area contributed by atoms with E-state index < -0.39 is 0 Å². The molecule has 1 fully saturated rings. The largest absolute Gasteiger partial charge is 0.340 e. The third kappa shape index (κ3) is 6.39. The number of aromatic nitrogens is 2. The van der Waals surface area contributed by atoms with Crippen molar-refractivity contribution in [3.8, 4) is 0 Å². The summed E-state index contributed by atoms with van der Waals surface area (Å²) in [7, 11) is 0. The molecule has 0 bridgehead atoms. The molecule has 1 atom stereocenters. The van der Waals surface area contributed by atoms with E-state index in [4.69, 9.17) is 4.98 Å². The molecule has 0 spiro atoms. The minimum atomic E-state index is -0.358. The number of fused-ring (bicyclic) bond motifs is 1. The van der Waals surface area contributed by atoms with E-state index in [-0.39, 0.29) is 17.8 Å². The van der Waals surface area contributed by atoms with Crippen molar-refractivity contribution in [3.63, 3.8) is 0 Å². The SMILES string of the molecule is CCCCN(C(=O)c1ccc(C)c(F)c1)C(Cc1ccccc1CN1CCCCC1)c1nc2ccccc2[nH]1. The highest BCUT2D eigenvalue weighted by atomic mass is 19.1. The fraction of sp³-hybridized carbons (Fsp3) is 0.394. The number of nitrogens with zero attached hydrogens (tertiary/aromatic N) is 3. The van der Waals surface area contributed by atoms with Gasteiger partial charge in [0.15, 0.2) is 0 Å². The van der Waals surface area contributed by atoms with Gasteiger partial charge in [0.1, 0.15) is 11.6 Å². The first-order chi connectivity index (χ1) is 19.0. The second-order valence-corrected chi connectivity index (χ2v) is 10.8. The number of imidazole rings is 1. The van der Waals surface area contributed by atoms with E-state index in [2.05, 4.69) is 41.1 Å². The van der Waals surface area contributed by atoms with Crippen molar-refractivity contribution in [2.75, 3.05) is 19.6 Å². The molecule has 5 nitrogen and oxygen atoms in total. The Labute approximate surface area is 231 Å². The molecule has 2 heterocycles. The van der Waals surface area contributed by atoms with Crippen LogP contribution in [0.5, 0.6) is 0 Å².